The molecule has 0 bridgehead atoms. The molecule has 0 radical (unpaired) electrons. The van der Waals surface area contributed by atoms with Gasteiger partial charge in [-0.3, -0.25) is 4.79 Å². The second-order valence-corrected chi connectivity index (χ2v) is 9.09. The number of nitrogens with one attached hydrogen (secondary N) is 1. The molecule has 1 aliphatic rings. The second-order valence-electron chi connectivity index (χ2n) is 8.69. The number of hydrogen-bond acceptors (Lipinski definition) is 5. The van der Waals surface area contributed by atoms with E-state index in [0.29, 0.717) is 39.9 Å². The lowest BCUT2D eigenvalue weighted by Gasteiger charge is -2.22. The zero-order chi connectivity index (χ0) is 26.9. The van der Waals surface area contributed by atoms with Crippen molar-refractivity contribution in [2.24, 2.45) is 0 Å². The van der Waals surface area contributed by atoms with Crippen LogP contribution in [0.2, 0.25) is 5.02 Å². The minimum atomic E-state index is -4.61. The molecule has 0 spiro atoms. The van der Waals surface area contributed by atoms with E-state index in [4.69, 9.17) is 25.7 Å². The summed E-state index contributed by atoms with van der Waals surface area (Å²) in [6.45, 7) is -0.716. The molecule has 2 aromatic heterocycles. The van der Waals surface area contributed by atoms with Crippen LogP contribution in [0.25, 0.3) is 22.6 Å². The molecule has 1 N–H and O–H groups in total. The number of para-hydroxylation sites is 1. The van der Waals surface area contributed by atoms with Crippen LogP contribution in [0.4, 0.5) is 18.9 Å². The maximum absolute atomic E-state index is 13.3. The van der Waals surface area contributed by atoms with Crippen molar-refractivity contribution in [1.82, 2.24) is 4.98 Å². The number of benzene rings is 2. The molecule has 0 saturated carbocycles. The standard InChI is InChI=1S/C28H20ClF3N2O4/c29-21-11-10-17(28(30,31)32)14-23(21)33-24(35)15-38-27(36)25-19-7-1-2-9-22(19)34-26-16(5-3-8-20(25)26)13-18-6-4-12-37-18/h1-2,4,6-7,9-14H,3,5,8,15H2,(H,33,35)/b16-13+. The largest absolute Gasteiger partial charge is 0.465 e. The van der Waals surface area contributed by atoms with Gasteiger partial charge in [0.2, 0.25) is 0 Å². The Bertz CT molecular complexity index is 1560. The van der Waals surface area contributed by atoms with Crippen LogP contribution >= 0.6 is 11.6 Å². The molecular formula is C28H20ClF3N2O4. The summed E-state index contributed by atoms with van der Waals surface area (Å²) in [6.07, 6.45) is 0.953. The first-order valence-corrected chi connectivity index (χ1v) is 12.1. The summed E-state index contributed by atoms with van der Waals surface area (Å²) in [4.78, 5) is 30.6. The third-order valence-electron chi connectivity index (χ3n) is 6.14. The fourth-order valence-electron chi connectivity index (χ4n) is 4.44. The highest BCUT2D eigenvalue weighted by Crippen LogP contribution is 2.37. The van der Waals surface area contributed by atoms with Gasteiger partial charge in [0, 0.05) is 5.39 Å². The fourth-order valence-corrected chi connectivity index (χ4v) is 4.60. The lowest BCUT2D eigenvalue weighted by atomic mass is 9.86. The van der Waals surface area contributed by atoms with Gasteiger partial charge in [0.1, 0.15) is 5.76 Å². The zero-order valence-electron chi connectivity index (χ0n) is 19.8. The molecule has 0 saturated heterocycles. The summed E-state index contributed by atoms with van der Waals surface area (Å²) in [5.74, 6) is -0.897. The van der Waals surface area contributed by atoms with Crippen molar-refractivity contribution < 1.29 is 31.9 Å². The van der Waals surface area contributed by atoms with Crippen molar-refractivity contribution in [3.63, 3.8) is 0 Å². The van der Waals surface area contributed by atoms with Gasteiger partial charge in [-0.25, -0.2) is 9.78 Å². The molecule has 1 amide bonds. The Morgan fingerprint density at radius 2 is 1.92 bits per heavy atom. The van der Waals surface area contributed by atoms with Gasteiger partial charge in [-0.1, -0.05) is 29.8 Å². The van der Waals surface area contributed by atoms with E-state index in [0.717, 1.165) is 36.6 Å². The Balaban J connectivity index is 1.42. The molecule has 6 nitrogen and oxygen atoms in total. The highest BCUT2D eigenvalue weighted by atomic mass is 35.5. The highest BCUT2D eigenvalue weighted by Gasteiger charge is 2.31. The quantitative estimate of drug-likeness (QED) is 0.271. The average molecular weight is 541 g/mol. The SMILES string of the molecule is O=C(COC(=O)c1c2c(nc3ccccc13)/C(=C/c1ccco1)CCC2)Nc1cc(C(F)(F)F)ccc1Cl. The van der Waals surface area contributed by atoms with Crippen molar-refractivity contribution in [3.8, 4) is 0 Å². The van der Waals surface area contributed by atoms with Gasteiger partial charge in [-0.05, 0) is 72.9 Å². The predicted octanol–water partition coefficient (Wildman–Crippen LogP) is 7.17. The van der Waals surface area contributed by atoms with Crippen molar-refractivity contribution in [1.29, 1.82) is 0 Å². The van der Waals surface area contributed by atoms with Crippen LogP contribution in [0, 0.1) is 0 Å². The molecule has 0 fully saturated rings. The highest BCUT2D eigenvalue weighted by molar-refractivity contribution is 6.33. The van der Waals surface area contributed by atoms with E-state index in [1.54, 1.807) is 30.5 Å². The van der Waals surface area contributed by atoms with E-state index in [2.05, 4.69) is 5.32 Å². The molecule has 0 aliphatic heterocycles. The number of allylic oxidation sites excluding steroid dienone is 1. The molecule has 2 aromatic carbocycles. The average Bonchev–Trinajstić information content (AvgIpc) is 3.40. The number of furan rings is 1. The smallest absolute Gasteiger partial charge is 0.416 e. The Hall–Kier alpha value is -4.11. The molecule has 0 atom stereocenters. The summed E-state index contributed by atoms with van der Waals surface area (Å²) in [7, 11) is 0. The van der Waals surface area contributed by atoms with Crippen molar-refractivity contribution in [3.05, 3.63) is 94.0 Å². The van der Waals surface area contributed by atoms with E-state index in [1.165, 1.54) is 0 Å². The number of aromatic nitrogens is 1. The van der Waals surface area contributed by atoms with Crippen molar-refractivity contribution in [2.45, 2.75) is 25.4 Å². The first-order valence-electron chi connectivity index (χ1n) is 11.7. The minimum absolute atomic E-state index is 0.0808. The van der Waals surface area contributed by atoms with E-state index < -0.39 is 30.2 Å². The third kappa shape index (κ3) is 5.28. The van der Waals surface area contributed by atoms with E-state index in [9.17, 15) is 22.8 Å². The molecule has 2 heterocycles. The van der Waals surface area contributed by atoms with Crippen LogP contribution in [0.3, 0.4) is 0 Å². The van der Waals surface area contributed by atoms with Crippen LogP contribution in [0.1, 0.15) is 45.8 Å². The summed E-state index contributed by atoms with van der Waals surface area (Å²) in [6, 6.07) is 13.3. The number of anilines is 1. The lowest BCUT2D eigenvalue weighted by molar-refractivity contribution is -0.137. The number of esters is 1. The molecule has 194 valence electrons. The zero-order valence-corrected chi connectivity index (χ0v) is 20.5. The van der Waals surface area contributed by atoms with Crippen molar-refractivity contribution in [2.75, 3.05) is 11.9 Å². The van der Waals surface area contributed by atoms with Gasteiger partial charge in [0.15, 0.2) is 6.61 Å². The monoisotopic (exact) mass is 540 g/mol. The number of halogens is 4. The summed E-state index contributed by atoms with van der Waals surface area (Å²) in [5.41, 5.74) is 1.98. The molecule has 0 unspecified atom stereocenters. The molecule has 38 heavy (non-hydrogen) atoms. The van der Waals surface area contributed by atoms with Gasteiger partial charge in [0.05, 0.1) is 39.3 Å². The number of hydrogen-bond donors (Lipinski definition) is 1. The normalized spacial score (nSPS) is 14.4. The molecule has 5 rings (SSSR count). The summed E-state index contributed by atoms with van der Waals surface area (Å²) < 4.78 is 49.9. The second kappa shape index (κ2) is 10.3. The molecular weight excluding hydrogens is 521 g/mol. The van der Waals surface area contributed by atoms with Crippen LogP contribution < -0.4 is 5.32 Å². The van der Waals surface area contributed by atoms with Gasteiger partial charge in [-0.15, -0.1) is 0 Å². The molecule has 10 heteroatoms. The van der Waals surface area contributed by atoms with Gasteiger partial charge < -0.3 is 14.5 Å². The number of carbonyl (C=O) groups is 2. The van der Waals surface area contributed by atoms with Crippen LogP contribution in [0.15, 0.2) is 65.3 Å². The van der Waals surface area contributed by atoms with Gasteiger partial charge in [0.25, 0.3) is 5.91 Å². The Morgan fingerprint density at radius 1 is 1.11 bits per heavy atom. The lowest BCUT2D eigenvalue weighted by Crippen LogP contribution is -2.23. The predicted molar refractivity (Wildman–Crippen MR) is 137 cm³/mol. The van der Waals surface area contributed by atoms with Gasteiger partial charge >= 0.3 is 12.1 Å². The Kier molecular flexibility index (Phi) is 6.94. The maximum atomic E-state index is 13.3. The summed E-state index contributed by atoms with van der Waals surface area (Å²) in [5, 5.41) is 2.78. The first-order chi connectivity index (χ1) is 18.2. The number of nitrogens with zero attached hydrogens (tertiary/aromatic N) is 1. The fraction of sp³-hybridized carbons (Fsp3) is 0.179. The number of alkyl halides is 3. The number of ether oxygens (including phenoxy) is 1. The first kappa shape index (κ1) is 25.5. The number of rotatable bonds is 5. The Labute approximate surface area is 220 Å². The van der Waals surface area contributed by atoms with E-state index in [1.807, 2.05) is 18.2 Å². The number of pyridine rings is 1. The van der Waals surface area contributed by atoms with Crippen molar-refractivity contribution >= 4 is 51.7 Å². The minimum Gasteiger partial charge on any atom is -0.465 e. The number of carbonyl (C=O) groups excluding carboxylic acids is 2. The maximum Gasteiger partial charge on any atom is 0.416 e. The third-order valence-corrected chi connectivity index (χ3v) is 6.47. The number of amides is 1. The Morgan fingerprint density at radius 3 is 2.68 bits per heavy atom. The number of fused-ring (bicyclic) bond motifs is 2. The molecule has 1 aliphatic carbocycles. The van der Waals surface area contributed by atoms with Gasteiger partial charge in [-0.2, -0.15) is 13.2 Å². The van der Waals surface area contributed by atoms with E-state index in [-0.39, 0.29) is 10.7 Å². The molecule has 4 aromatic rings. The topological polar surface area (TPSA) is 81.4 Å². The summed E-state index contributed by atoms with van der Waals surface area (Å²) >= 11 is 5.95. The van der Waals surface area contributed by atoms with Crippen LogP contribution in [-0.2, 0) is 22.1 Å². The van der Waals surface area contributed by atoms with E-state index >= 15 is 0 Å². The van der Waals surface area contributed by atoms with Crippen LogP contribution in [0.5, 0.6) is 0 Å². The van der Waals surface area contributed by atoms with Crippen LogP contribution in [-0.4, -0.2) is 23.5 Å².